The third kappa shape index (κ3) is 3.65. The van der Waals surface area contributed by atoms with E-state index in [0.29, 0.717) is 6.42 Å². The molecule has 1 unspecified atom stereocenters. The van der Waals surface area contributed by atoms with Crippen LogP contribution in [0.3, 0.4) is 0 Å². The summed E-state index contributed by atoms with van der Waals surface area (Å²) in [6.07, 6.45) is -4.33. The number of halogens is 9. The zero-order chi connectivity index (χ0) is 19.8. The summed E-state index contributed by atoms with van der Waals surface area (Å²) in [6.45, 7) is 2.93. The van der Waals surface area contributed by atoms with E-state index in [1.807, 2.05) is 0 Å². The van der Waals surface area contributed by atoms with Crippen LogP contribution in [0.2, 0.25) is 5.15 Å². The number of nitrogens with one attached hydrogen (secondary N) is 1. The van der Waals surface area contributed by atoms with Crippen molar-refractivity contribution in [2.45, 2.75) is 51.0 Å². The average molecular weight is 402 g/mol. The number of nitrogens with zero attached hydrogens (tertiary/aromatic N) is 2. The zero-order valence-corrected chi connectivity index (χ0v) is 13.5. The molecule has 0 amide bonds. The second-order valence-corrected chi connectivity index (χ2v) is 5.41. The lowest BCUT2D eigenvalue weighted by Crippen LogP contribution is -3.14. The summed E-state index contributed by atoms with van der Waals surface area (Å²) in [5, 5.41) is 8.12. The lowest BCUT2D eigenvalue weighted by Gasteiger charge is -2.36. The maximum atomic E-state index is 13.6. The van der Waals surface area contributed by atoms with Gasteiger partial charge in [0.1, 0.15) is 5.15 Å². The first kappa shape index (κ1) is 21.8. The van der Waals surface area contributed by atoms with Crippen LogP contribution < -0.4 is 5.06 Å². The van der Waals surface area contributed by atoms with E-state index in [4.69, 9.17) is 11.6 Å². The third-order valence-corrected chi connectivity index (χ3v) is 3.55. The van der Waals surface area contributed by atoms with Crippen LogP contribution in [0.25, 0.3) is 0 Å². The fourth-order valence-electron chi connectivity index (χ4n) is 1.83. The molecule has 0 radical (unpaired) electrons. The van der Waals surface area contributed by atoms with Crippen molar-refractivity contribution in [3.8, 4) is 0 Å². The van der Waals surface area contributed by atoms with Crippen LogP contribution in [-0.2, 0) is 6.42 Å². The number of alkyl halides is 8. The minimum Gasteiger partial charge on any atom is -0.622 e. The summed E-state index contributed by atoms with van der Waals surface area (Å²) in [7, 11) is 0. The molecule has 1 aromatic heterocycles. The highest BCUT2D eigenvalue weighted by Crippen LogP contribution is 2.46. The quantitative estimate of drug-likeness (QED) is 0.329. The van der Waals surface area contributed by atoms with Crippen LogP contribution in [0, 0.1) is 12.1 Å². The van der Waals surface area contributed by atoms with E-state index < -0.39 is 40.5 Å². The molecule has 1 atom stereocenters. The molecule has 1 aromatic rings. The van der Waals surface area contributed by atoms with Crippen molar-refractivity contribution in [3.63, 3.8) is 0 Å². The Bertz CT molecular complexity index is 605. The average Bonchev–Trinajstić information content (AvgIpc) is 2.49. The molecule has 0 saturated heterocycles. The SMILES string of the molecule is CCCc1c(C)nc([NH+]([O-])C(F)(F)C(F)(F)C(F)(F)C(F)F)nc1Cl. The number of quaternary nitrogens is 1. The number of hydrogen-bond donors (Lipinski definition) is 1. The van der Waals surface area contributed by atoms with Gasteiger partial charge in [-0.1, -0.05) is 24.9 Å². The van der Waals surface area contributed by atoms with Gasteiger partial charge in [0.2, 0.25) is 0 Å². The molecule has 0 bridgehead atoms. The molecule has 144 valence electrons. The van der Waals surface area contributed by atoms with Crippen molar-refractivity contribution in [1.82, 2.24) is 9.97 Å². The normalized spacial score (nSPS) is 14.9. The van der Waals surface area contributed by atoms with Crippen LogP contribution in [0.5, 0.6) is 0 Å². The summed E-state index contributed by atoms with van der Waals surface area (Å²) >= 11 is 5.66. The van der Waals surface area contributed by atoms with Crippen molar-refractivity contribution < 1.29 is 40.2 Å². The van der Waals surface area contributed by atoms with Gasteiger partial charge < -0.3 is 5.21 Å². The first-order chi connectivity index (χ1) is 11.2. The van der Waals surface area contributed by atoms with Gasteiger partial charge in [0.15, 0.2) is 0 Å². The fourth-order valence-corrected chi connectivity index (χ4v) is 2.14. The molecule has 0 saturated carbocycles. The molecular formula is C12H12ClF8N3O. The topological polar surface area (TPSA) is 53.3 Å². The molecule has 4 nitrogen and oxygen atoms in total. The first-order valence-electron chi connectivity index (χ1n) is 6.71. The zero-order valence-electron chi connectivity index (χ0n) is 12.7. The van der Waals surface area contributed by atoms with E-state index in [9.17, 15) is 40.3 Å². The van der Waals surface area contributed by atoms with Crippen molar-refractivity contribution >= 4 is 17.5 Å². The molecule has 0 aliphatic rings. The second-order valence-electron chi connectivity index (χ2n) is 5.05. The molecule has 1 rings (SSSR count). The number of rotatable bonds is 7. The molecule has 0 aliphatic carbocycles. The Morgan fingerprint density at radius 2 is 1.64 bits per heavy atom. The lowest BCUT2D eigenvalue weighted by atomic mass is 10.1. The lowest BCUT2D eigenvalue weighted by molar-refractivity contribution is -0.909. The van der Waals surface area contributed by atoms with Gasteiger partial charge in [-0.25, -0.2) is 13.8 Å². The van der Waals surface area contributed by atoms with E-state index in [1.54, 1.807) is 6.92 Å². The van der Waals surface area contributed by atoms with Gasteiger partial charge in [-0.3, -0.25) is 0 Å². The van der Waals surface area contributed by atoms with Crippen LogP contribution in [0.4, 0.5) is 41.1 Å². The minimum atomic E-state index is -6.67. The largest absolute Gasteiger partial charge is 0.622 e. The first-order valence-corrected chi connectivity index (χ1v) is 7.09. The summed E-state index contributed by atoms with van der Waals surface area (Å²) in [6, 6.07) is -6.19. The maximum Gasteiger partial charge on any atom is 0.467 e. The highest BCUT2D eigenvalue weighted by Gasteiger charge is 2.80. The Morgan fingerprint density at radius 3 is 2.04 bits per heavy atom. The molecule has 0 aromatic carbocycles. The van der Waals surface area contributed by atoms with Crippen molar-refractivity contribution in [1.29, 1.82) is 0 Å². The molecule has 1 heterocycles. The number of hydrogen-bond acceptors (Lipinski definition) is 3. The van der Waals surface area contributed by atoms with Crippen LogP contribution in [0.1, 0.15) is 24.6 Å². The Hall–Kier alpha value is -1.27. The van der Waals surface area contributed by atoms with Crippen LogP contribution in [0.15, 0.2) is 0 Å². The van der Waals surface area contributed by atoms with Gasteiger partial charge in [0, 0.05) is 5.56 Å². The van der Waals surface area contributed by atoms with E-state index in [1.165, 1.54) is 6.92 Å². The Labute approximate surface area is 141 Å². The van der Waals surface area contributed by atoms with E-state index >= 15 is 0 Å². The minimum absolute atomic E-state index is 0.107. The van der Waals surface area contributed by atoms with Gasteiger partial charge in [-0.2, -0.15) is 27.5 Å². The Balaban J connectivity index is 3.36. The number of aryl methyl sites for hydroxylation is 1. The smallest absolute Gasteiger partial charge is 0.467 e. The number of aromatic nitrogens is 2. The molecule has 25 heavy (non-hydrogen) atoms. The van der Waals surface area contributed by atoms with E-state index in [-0.39, 0.29) is 17.7 Å². The highest BCUT2D eigenvalue weighted by atomic mass is 35.5. The third-order valence-electron chi connectivity index (χ3n) is 3.24. The van der Waals surface area contributed by atoms with Gasteiger partial charge in [-0.15, -0.1) is 8.78 Å². The maximum absolute atomic E-state index is 13.6. The molecule has 13 heteroatoms. The summed E-state index contributed by atoms with van der Waals surface area (Å²) in [4.78, 5) is 6.39. The highest BCUT2D eigenvalue weighted by molar-refractivity contribution is 6.30. The number of hydroxylamine groups is 1. The predicted molar refractivity (Wildman–Crippen MR) is 70.6 cm³/mol. The standard InChI is InChI=1S/C12H12ClF8N3O/c1-3-4-6-5(2)22-9(23-7(6)13)24(25)12(20,21)11(18,19)10(16,17)8(14)15/h8,24H,3-4H2,1-2H3. The van der Waals surface area contributed by atoms with Gasteiger partial charge >= 0.3 is 30.3 Å². The molecule has 1 N–H and O–H groups in total. The molecular weight excluding hydrogens is 390 g/mol. The predicted octanol–water partition coefficient (Wildman–Crippen LogP) is 3.53. The van der Waals surface area contributed by atoms with E-state index in [0.717, 1.165) is 0 Å². The summed E-state index contributed by atoms with van der Waals surface area (Å²) in [5.41, 5.74) is 0.138. The van der Waals surface area contributed by atoms with Crippen LogP contribution >= 0.6 is 11.6 Å². The van der Waals surface area contributed by atoms with Gasteiger partial charge in [-0.05, 0) is 13.3 Å². The van der Waals surface area contributed by atoms with E-state index in [2.05, 4.69) is 9.97 Å². The molecule has 0 aliphatic heterocycles. The van der Waals surface area contributed by atoms with Gasteiger partial charge in [0.25, 0.3) is 0 Å². The van der Waals surface area contributed by atoms with Gasteiger partial charge in [0.05, 0.1) is 5.69 Å². The molecule has 0 spiro atoms. The Kier molecular flexibility index (Phi) is 6.23. The summed E-state index contributed by atoms with van der Waals surface area (Å²) < 4.78 is 104. The van der Waals surface area contributed by atoms with Crippen molar-refractivity contribution in [2.24, 2.45) is 0 Å². The second kappa shape index (κ2) is 7.16. The Morgan fingerprint density at radius 1 is 1.12 bits per heavy atom. The van der Waals surface area contributed by atoms with Crippen molar-refractivity contribution in [2.75, 3.05) is 0 Å². The van der Waals surface area contributed by atoms with Crippen LogP contribution in [-0.4, -0.2) is 34.3 Å². The monoisotopic (exact) mass is 401 g/mol. The fraction of sp³-hybridized carbons (Fsp3) is 0.667. The summed E-state index contributed by atoms with van der Waals surface area (Å²) in [5.74, 6) is -14.7. The van der Waals surface area contributed by atoms with Crippen molar-refractivity contribution in [3.05, 3.63) is 21.6 Å². The molecule has 0 fully saturated rings.